The minimum Gasteiger partial charge on any atom is -0.495 e. The Bertz CT molecular complexity index is 1100. The van der Waals surface area contributed by atoms with Crippen molar-refractivity contribution in [2.24, 2.45) is 0 Å². The number of methoxy groups -OCH3 is 1. The first-order valence-corrected chi connectivity index (χ1v) is 9.44. The largest absolute Gasteiger partial charge is 0.495 e. The molecular weight excluding hydrogens is 352 g/mol. The Hall–Kier alpha value is -3.08. The number of ether oxygens (including phenoxy) is 1. The van der Waals surface area contributed by atoms with E-state index in [1.165, 1.54) is 0 Å². The van der Waals surface area contributed by atoms with Gasteiger partial charge in [0.15, 0.2) is 0 Å². The second-order valence-electron chi connectivity index (χ2n) is 7.12. The van der Waals surface area contributed by atoms with Crippen LogP contribution in [0.1, 0.15) is 36.1 Å². The maximum atomic E-state index is 13.2. The fourth-order valence-electron chi connectivity index (χ4n) is 3.66. The molecule has 1 unspecified atom stereocenters. The van der Waals surface area contributed by atoms with E-state index in [0.29, 0.717) is 17.7 Å². The molecule has 3 aromatic rings. The number of nitrogens with zero attached hydrogens (tertiary/aromatic N) is 1. The van der Waals surface area contributed by atoms with Gasteiger partial charge < -0.3 is 10.1 Å². The number of carbonyl (C=O) groups is 1. The molecule has 1 N–H and O–H groups in total. The van der Waals surface area contributed by atoms with Gasteiger partial charge in [-0.25, -0.2) is 0 Å². The summed E-state index contributed by atoms with van der Waals surface area (Å²) in [6.45, 7) is 7.77. The minimum absolute atomic E-state index is 0.211. The highest BCUT2D eigenvalue weighted by Crippen LogP contribution is 2.30. The molecule has 1 aromatic heterocycles. The van der Waals surface area contributed by atoms with Crippen molar-refractivity contribution in [2.75, 3.05) is 12.4 Å². The lowest BCUT2D eigenvalue weighted by molar-refractivity contribution is -0.119. The Morgan fingerprint density at radius 1 is 1.11 bits per heavy atom. The third-order valence-corrected chi connectivity index (χ3v) is 5.10. The van der Waals surface area contributed by atoms with Gasteiger partial charge in [0.25, 0.3) is 5.56 Å². The van der Waals surface area contributed by atoms with Crippen LogP contribution in [0.25, 0.3) is 10.9 Å². The van der Waals surface area contributed by atoms with E-state index in [1.54, 1.807) is 17.7 Å². The summed E-state index contributed by atoms with van der Waals surface area (Å²) in [7, 11) is 1.57. The van der Waals surface area contributed by atoms with Crippen LogP contribution in [0.3, 0.4) is 0 Å². The lowest BCUT2D eigenvalue weighted by atomic mass is 10.1. The topological polar surface area (TPSA) is 60.3 Å². The number of anilines is 1. The van der Waals surface area contributed by atoms with Crippen LogP contribution in [0.2, 0.25) is 0 Å². The van der Waals surface area contributed by atoms with Crippen LogP contribution in [-0.2, 0) is 4.79 Å². The van der Waals surface area contributed by atoms with E-state index < -0.39 is 6.04 Å². The smallest absolute Gasteiger partial charge is 0.252 e. The first-order valence-electron chi connectivity index (χ1n) is 9.44. The van der Waals surface area contributed by atoms with Gasteiger partial charge in [-0.1, -0.05) is 36.8 Å². The quantitative estimate of drug-likeness (QED) is 0.710. The van der Waals surface area contributed by atoms with Crippen LogP contribution in [0.15, 0.2) is 47.3 Å². The van der Waals surface area contributed by atoms with Crippen LogP contribution >= 0.6 is 0 Å². The molecular formula is C23H26N2O3. The number of hydrogen-bond acceptors (Lipinski definition) is 3. The SMILES string of the molecule is CCC(C(=O)Nc1ccc(C)cc1C)n1c(=O)cc(C)c2cccc(OC)c21. The molecule has 1 atom stereocenters. The summed E-state index contributed by atoms with van der Waals surface area (Å²) in [5, 5.41) is 3.89. The molecule has 146 valence electrons. The molecule has 0 aliphatic heterocycles. The second kappa shape index (κ2) is 7.89. The number of para-hydroxylation sites is 1. The molecule has 0 bridgehead atoms. The van der Waals surface area contributed by atoms with Gasteiger partial charge in [-0.05, 0) is 50.5 Å². The standard InChI is InChI=1S/C23H26N2O3/c1-6-19(23(27)24-18-11-10-14(2)12-16(18)4)25-21(26)13-15(3)17-8-7-9-20(28-5)22(17)25/h7-13,19H,6H2,1-5H3,(H,24,27). The number of benzene rings is 2. The zero-order chi connectivity index (χ0) is 20.4. The van der Waals surface area contributed by atoms with E-state index in [2.05, 4.69) is 5.32 Å². The maximum Gasteiger partial charge on any atom is 0.252 e. The predicted octanol–water partition coefficient (Wildman–Crippen LogP) is 4.53. The van der Waals surface area contributed by atoms with Gasteiger partial charge in [0.1, 0.15) is 11.8 Å². The average molecular weight is 378 g/mol. The fourth-order valence-corrected chi connectivity index (χ4v) is 3.66. The number of fused-ring (bicyclic) bond motifs is 1. The number of carbonyl (C=O) groups excluding carboxylic acids is 1. The second-order valence-corrected chi connectivity index (χ2v) is 7.12. The summed E-state index contributed by atoms with van der Waals surface area (Å²) in [5.41, 5.74) is 4.18. The van der Waals surface area contributed by atoms with Crippen LogP contribution in [0, 0.1) is 20.8 Å². The average Bonchev–Trinajstić information content (AvgIpc) is 2.66. The van der Waals surface area contributed by atoms with E-state index >= 15 is 0 Å². The van der Waals surface area contributed by atoms with Crippen molar-refractivity contribution >= 4 is 22.5 Å². The van der Waals surface area contributed by atoms with Gasteiger partial charge in [0.2, 0.25) is 5.91 Å². The molecule has 0 saturated heterocycles. The fraction of sp³-hybridized carbons (Fsp3) is 0.304. The monoisotopic (exact) mass is 378 g/mol. The van der Waals surface area contributed by atoms with E-state index in [9.17, 15) is 9.59 Å². The Morgan fingerprint density at radius 3 is 2.50 bits per heavy atom. The van der Waals surface area contributed by atoms with Crippen molar-refractivity contribution < 1.29 is 9.53 Å². The molecule has 0 radical (unpaired) electrons. The lowest BCUT2D eigenvalue weighted by Gasteiger charge is -2.22. The van der Waals surface area contributed by atoms with E-state index in [1.807, 2.05) is 64.1 Å². The summed E-state index contributed by atoms with van der Waals surface area (Å²) in [6, 6.07) is 12.4. The van der Waals surface area contributed by atoms with E-state index in [-0.39, 0.29) is 11.5 Å². The molecule has 3 rings (SSSR count). The highest BCUT2D eigenvalue weighted by Gasteiger charge is 2.24. The Labute approximate surface area is 165 Å². The zero-order valence-corrected chi connectivity index (χ0v) is 17.0. The normalized spacial score (nSPS) is 12.0. The van der Waals surface area contributed by atoms with Crippen molar-refractivity contribution in [3.05, 3.63) is 69.5 Å². The molecule has 28 heavy (non-hydrogen) atoms. The molecule has 0 spiro atoms. The molecule has 0 aliphatic rings. The van der Waals surface area contributed by atoms with Gasteiger partial charge >= 0.3 is 0 Å². The van der Waals surface area contributed by atoms with Crippen LogP contribution < -0.4 is 15.6 Å². The lowest BCUT2D eigenvalue weighted by Crippen LogP contribution is -2.33. The van der Waals surface area contributed by atoms with Crippen molar-refractivity contribution in [3.8, 4) is 5.75 Å². The van der Waals surface area contributed by atoms with Gasteiger partial charge in [-0.3, -0.25) is 14.2 Å². The van der Waals surface area contributed by atoms with Crippen molar-refractivity contribution in [1.82, 2.24) is 4.57 Å². The number of rotatable bonds is 5. The highest BCUT2D eigenvalue weighted by molar-refractivity contribution is 5.96. The third-order valence-electron chi connectivity index (χ3n) is 5.10. The van der Waals surface area contributed by atoms with Crippen molar-refractivity contribution in [3.63, 3.8) is 0 Å². The molecule has 2 aromatic carbocycles. The van der Waals surface area contributed by atoms with Crippen LogP contribution in [-0.4, -0.2) is 17.6 Å². The molecule has 0 saturated carbocycles. The molecule has 1 heterocycles. The minimum atomic E-state index is -0.646. The summed E-state index contributed by atoms with van der Waals surface area (Å²) in [6.07, 6.45) is 0.479. The highest BCUT2D eigenvalue weighted by atomic mass is 16.5. The summed E-state index contributed by atoms with van der Waals surface area (Å²) in [5.74, 6) is 0.365. The van der Waals surface area contributed by atoms with Crippen molar-refractivity contribution in [1.29, 1.82) is 0 Å². The van der Waals surface area contributed by atoms with Gasteiger partial charge in [-0.2, -0.15) is 0 Å². The summed E-state index contributed by atoms with van der Waals surface area (Å²) in [4.78, 5) is 26.1. The van der Waals surface area contributed by atoms with Gasteiger partial charge in [-0.15, -0.1) is 0 Å². The number of pyridine rings is 1. The molecule has 5 nitrogen and oxygen atoms in total. The van der Waals surface area contributed by atoms with Gasteiger partial charge in [0.05, 0.1) is 12.6 Å². The Balaban J connectivity index is 2.13. The van der Waals surface area contributed by atoms with E-state index in [4.69, 9.17) is 4.74 Å². The number of hydrogen-bond donors (Lipinski definition) is 1. The third kappa shape index (κ3) is 3.52. The summed E-state index contributed by atoms with van der Waals surface area (Å²) < 4.78 is 7.07. The summed E-state index contributed by atoms with van der Waals surface area (Å²) >= 11 is 0. The predicted molar refractivity (Wildman–Crippen MR) is 113 cm³/mol. The number of aryl methyl sites for hydroxylation is 3. The molecule has 5 heteroatoms. The molecule has 1 amide bonds. The van der Waals surface area contributed by atoms with E-state index in [0.717, 1.165) is 27.8 Å². The number of aromatic nitrogens is 1. The van der Waals surface area contributed by atoms with Crippen LogP contribution in [0.4, 0.5) is 5.69 Å². The Kier molecular flexibility index (Phi) is 5.54. The maximum absolute atomic E-state index is 13.2. The number of nitrogens with one attached hydrogen (secondary N) is 1. The number of amides is 1. The zero-order valence-electron chi connectivity index (χ0n) is 17.0. The first-order chi connectivity index (χ1) is 13.4. The van der Waals surface area contributed by atoms with Crippen LogP contribution in [0.5, 0.6) is 5.75 Å². The Morgan fingerprint density at radius 2 is 1.86 bits per heavy atom. The first kappa shape index (κ1) is 19.7. The van der Waals surface area contributed by atoms with Gasteiger partial charge in [0, 0.05) is 17.1 Å². The molecule has 0 aliphatic carbocycles. The molecule has 0 fully saturated rings. The van der Waals surface area contributed by atoms with Crippen molar-refractivity contribution in [2.45, 2.75) is 40.2 Å².